The van der Waals surface area contributed by atoms with Crippen molar-refractivity contribution in [2.75, 3.05) is 6.61 Å². The van der Waals surface area contributed by atoms with Crippen LogP contribution in [0.15, 0.2) is 48.5 Å². The normalized spacial score (nSPS) is 12.1. The van der Waals surface area contributed by atoms with Gasteiger partial charge in [-0.3, -0.25) is 0 Å². The zero-order valence-electron chi connectivity index (χ0n) is 12.5. The minimum absolute atomic E-state index is 0.245. The molecule has 2 aromatic carbocycles. The molecule has 0 aliphatic rings. The summed E-state index contributed by atoms with van der Waals surface area (Å²) >= 11 is 0. The van der Waals surface area contributed by atoms with Gasteiger partial charge in [-0.25, -0.2) is 0 Å². The lowest BCUT2D eigenvalue weighted by molar-refractivity contribution is 0.108. The van der Waals surface area contributed by atoms with Gasteiger partial charge in [-0.15, -0.1) is 0 Å². The van der Waals surface area contributed by atoms with Crippen molar-refractivity contribution in [1.82, 2.24) is 0 Å². The zero-order valence-corrected chi connectivity index (χ0v) is 12.5. The molecule has 2 rings (SSSR count). The molecule has 0 aromatic heterocycles. The Bertz CT molecular complexity index is 534. The highest BCUT2D eigenvalue weighted by molar-refractivity contribution is 5.28. The summed E-state index contributed by atoms with van der Waals surface area (Å²) in [4.78, 5) is 0. The highest BCUT2D eigenvalue weighted by Gasteiger charge is 2.08. The van der Waals surface area contributed by atoms with Crippen LogP contribution in [0.4, 0.5) is 0 Å². The van der Waals surface area contributed by atoms with Gasteiger partial charge in [0.05, 0.1) is 0 Å². The molecule has 0 aliphatic carbocycles. The van der Waals surface area contributed by atoms with E-state index in [1.807, 2.05) is 36.4 Å². The summed E-state index contributed by atoms with van der Waals surface area (Å²) in [6.07, 6.45) is 1.58. The second-order valence-electron chi connectivity index (χ2n) is 5.17. The van der Waals surface area contributed by atoms with Crippen LogP contribution >= 0.6 is 0 Å². The minimum Gasteiger partial charge on any atom is -0.491 e. The molecule has 0 saturated carbocycles. The number of aryl methyl sites for hydroxylation is 1. The van der Waals surface area contributed by atoms with Gasteiger partial charge in [0.1, 0.15) is 18.5 Å². The molecule has 0 bridgehead atoms. The molecule has 0 fully saturated rings. The number of rotatable bonds is 7. The smallest absolute Gasteiger partial charge is 0.119 e. The molecule has 0 amide bonds. The predicted molar refractivity (Wildman–Crippen MR) is 85.2 cm³/mol. The monoisotopic (exact) mass is 285 g/mol. The molecule has 2 aromatic rings. The first-order chi connectivity index (χ1) is 10.2. The van der Waals surface area contributed by atoms with E-state index in [0.717, 1.165) is 29.7 Å². The van der Waals surface area contributed by atoms with Crippen LogP contribution in [-0.2, 0) is 13.0 Å². The first-order valence-corrected chi connectivity index (χ1v) is 7.41. The van der Waals surface area contributed by atoms with Crippen LogP contribution in [0.2, 0.25) is 0 Å². The van der Waals surface area contributed by atoms with Crippen molar-refractivity contribution in [2.45, 2.75) is 32.4 Å². The Labute approximate surface area is 126 Å². The van der Waals surface area contributed by atoms with E-state index in [9.17, 15) is 5.11 Å². The standard InChI is InChI=1S/C18H23NO2/c1-2-3-14-6-10-17(11-7-14)21-13-18(20)16-8-4-15(12-19)5-9-16/h4-11,18,20H,2-3,12-13,19H2,1H3. The summed E-state index contributed by atoms with van der Waals surface area (Å²) in [5, 5.41) is 10.1. The largest absolute Gasteiger partial charge is 0.491 e. The summed E-state index contributed by atoms with van der Waals surface area (Å²) in [5.41, 5.74) is 8.76. The molecular formula is C18H23NO2. The number of aliphatic hydroxyl groups is 1. The summed E-state index contributed by atoms with van der Waals surface area (Å²) in [7, 11) is 0. The highest BCUT2D eigenvalue weighted by Crippen LogP contribution is 2.18. The Morgan fingerprint density at radius 3 is 2.19 bits per heavy atom. The van der Waals surface area contributed by atoms with E-state index >= 15 is 0 Å². The fourth-order valence-corrected chi connectivity index (χ4v) is 2.19. The summed E-state index contributed by atoms with van der Waals surface area (Å²) in [5.74, 6) is 0.785. The number of hydrogen-bond acceptors (Lipinski definition) is 3. The summed E-state index contributed by atoms with van der Waals surface area (Å²) in [6.45, 7) is 2.92. The Balaban J connectivity index is 1.88. The molecule has 1 atom stereocenters. The van der Waals surface area contributed by atoms with Crippen molar-refractivity contribution in [3.8, 4) is 5.75 Å². The van der Waals surface area contributed by atoms with Crippen molar-refractivity contribution in [2.24, 2.45) is 5.73 Å². The number of ether oxygens (including phenoxy) is 1. The minimum atomic E-state index is -0.632. The lowest BCUT2D eigenvalue weighted by Crippen LogP contribution is -2.10. The first-order valence-electron chi connectivity index (χ1n) is 7.41. The lowest BCUT2D eigenvalue weighted by atomic mass is 10.1. The predicted octanol–water partition coefficient (Wildman–Crippen LogP) is 3.21. The first kappa shape index (κ1) is 15.5. The molecule has 112 valence electrons. The van der Waals surface area contributed by atoms with Crippen molar-refractivity contribution >= 4 is 0 Å². The van der Waals surface area contributed by atoms with E-state index in [1.54, 1.807) is 0 Å². The van der Waals surface area contributed by atoms with Crippen LogP contribution in [-0.4, -0.2) is 11.7 Å². The van der Waals surface area contributed by atoms with Crippen molar-refractivity contribution < 1.29 is 9.84 Å². The van der Waals surface area contributed by atoms with Crippen molar-refractivity contribution in [3.63, 3.8) is 0 Å². The van der Waals surface area contributed by atoms with E-state index in [4.69, 9.17) is 10.5 Å². The van der Waals surface area contributed by atoms with E-state index in [2.05, 4.69) is 19.1 Å². The third-order valence-electron chi connectivity index (χ3n) is 3.47. The highest BCUT2D eigenvalue weighted by atomic mass is 16.5. The quantitative estimate of drug-likeness (QED) is 0.821. The Hall–Kier alpha value is -1.84. The topological polar surface area (TPSA) is 55.5 Å². The lowest BCUT2D eigenvalue weighted by Gasteiger charge is -2.13. The van der Waals surface area contributed by atoms with Crippen molar-refractivity contribution in [3.05, 3.63) is 65.2 Å². The van der Waals surface area contributed by atoms with E-state index in [0.29, 0.717) is 6.54 Å². The number of aliphatic hydroxyl groups excluding tert-OH is 1. The molecule has 3 heteroatoms. The SMILES string of the molecule is CCCc1ccc(OCC(O)c2ccc(CN)cc2)cc1. The average Bonchev–Trinajstić information content (AvgIpc) is 2.54. The van der Waals surface area contributed by atoms with Crippen LogP contribution in [0, 0.1) is 0 Å². The molecule has 21 heavy (non-hydrogen) atoms. The molecule has 3 nitrogen and oxygen atoms in total. The number of hydrogen-bond donors (Lipinski definition) is 2. The maximum Gasteiger partial charge on any atom is 0.119 e. The molecule has 0 radical (unpaired) electrons. The van der Waals surface area contributed by atoms with E-state index in [-0.39, 0.29) is 6.61 Å². The molecule has 0 saturated heterocycles. The molecule has 1 unspecified atom stereocenters. The number of benzene rings is 2. The molecular weight excluding hydrogens is 262 g/mol. The third-order valence-corrected chi connectivity index (χ3v) is 3.47. The van der Waals surface area contributed by atoms with Gasteiger partial charge in [-0.05, 0) is 35.2 Å². The van der Waals surface area contributed by atoms with Crippen LogP contribution in [0.1, 0.15) is 36.1 Å². The maximum atomic E-state index is 10.1. The molecule has 0 heterocycles. The van der Waals surface area contributed by atoms with E-state index in [1.165, 1.54) is 5.56 Å². The van der Waals surface area contributed by atoms with Crippen LogP contribution in [0.3, 0.4) is 0 Å². The second kappa shape index (κ2) is 7.81. The molecule has 0 aliphatic heterocycles. The van der Waals surface area contributed by atoms with Gasteiger partial charge >= 0.3 is 0 Å². The second-order valence-corrected chi connectivity index (χ2v) is 5.17. The Morgan fingerprint density at radius 2 is 1.62 bits per heavy atom. The van der Waals surface area contributed by atoms with Crippen LogP contribution in [0.5, 0.6) is 5.75 Å². The Morgan fingerprint density at radius 1 is 1.00 bits per heavy atom. The summed E-state index contributed by atoms with van der Waals surface area (Å²) < 4.78 is 5.64. The number of nitrogens with two attached hydrogens (primary N) is 1. The van der Waals surface area contributed by atoms with Gasteiger partial charge in [0.15, 0.2) is 0 Å². The van der Waals surface area contributed by atoms with Crippen molar-refractivity contribution in [1.29, 1.82) is 0 Å². The van der Waals surface area contributed by atoms with Gasteiger partial charge < -0.3 is 15.6 Å². The zero-order chi connectivity index (χ0) is 15.1. The molecule has 3 N–H and O–H groups in total. The third kappa shape index (κ3) is 4.59. The van der Waals surface area contributed by atoms with Gasteiger partial charge in [-0.1, -0.05) is 49.7 Å². The van der Waals surface area contributed by atoms with E-state index < -0.39 is 6.10 Å². The summed E-state index contributed by atoms with van der Waals surface area (Å²) in [6, 6.07) is 15.7. The fourth-order valence-electron chi connectivity index (χ4n) is 2.19. The van der Waals surface area contributed by atoms with Gasteiger partial charge in [-0.2, -0.15) is 0 Å². The average molecular weight is 285 g/mol. The van der Waals surface area contributed by atoms with Crippen LogP contribution in [0.25, 0.3) is 0 Å². The van der Waals surface area contributed by atoms with Gasteiger partial charge in [0.2, 0.25) is 0 Å². The van der Waals surface area contributed by atoms with Crippen LogP contribution < -0.4 is 10.5 Å². The van der Waals surface area contributed by atoms with Gasteiger partial charge in [0, 0.05) is 6.54 Å². The maximum absolute atomic E-state index is 10.1. The molecule has 0 spiro atoms. The Kier molecular flexibility index (Phi) is 5.78. The van der Waals surface area contributed by atoms with Gasteiger partial charge in [0.25, 0.3) is 0 Å². The fraction of sp³-hybridized carbons (Fsp3) is 0.333.